The first-order valence-corrected chi connectivity index (χ1v) is 6.87. The predicted octanol–water partition coefficient (Wildman–Crippen LogP) is 1.52. The van der Waals surface area contributed by atoms with Crippen molar-refractivity contribution in [3.05, 3.63) is 35.4 Å². The van der Waals surface area contributed by atoms with Crippen LogP contribution in [0.4, 0.5) is 0 Å². The monoisotopic (exact) mass is 248 g/mol. The number of nitriles is 1. The smallest absolute Gasteiger partial charge is 0.0991 e. The molecular weight excluding hydrogens is 232 g/mol. The molecular formula is C13H16N2OS. The van der Waals surface area contributed by atoms with Crippen molar-refractivity contribution >= 4 is 11.8 Å². The Morgan fingerprint density at radius 1 is 1.53 bits per heavy atom. The van der Waals surface area contributed by atoms with Gasteiger partial charge in [0.1, 0.15) is 0 Å². The summed E-state index contributed by atoms with van der Waals surface area (Å²) < 4.78 is 0. The van der Waals surface area contributed by atoms with E-state index in [1.54, 1.807) is 17.8 Å². The fourth-order valence-electron chi connectivity index (χ4n) is 1.93. The van der Waals surface area contributed by atoms with Crippen molar-refractivity contribution in [2.24, 2.45) is 0 Å². The summed E-state index contributed by atoms with van der Waals surface area (Å²) in [5, 5.41) is 22.2. The van der Waals surface area contributed by atoms with Crippen molar-refractivity contribution in [1.82, 2.24) is 5.32 Å². The third-order valence-electron chi connectivity index (χ3n) is 2.92. The lowest BCUT2D eigenvalue weighted by Crippen LogP contribution is -2.40. The molecule has 4 heteroatoms. The van der Waals surface area contributed by atoms with Gasteiger partial charge in [-0.05, 0) is 29.9 Å². The molecule has 0 spiro atoms. The Balaban J connectivity index is 1.83. The Kier molecular flexibility index (Phi) is 4.06. The summed E-state index contributed by atoms with van der Waals surface area (Å²) in [7, 11) is 0. The number of hydrogen-bond acceptors (Lipinski definition) is 4. The second-order valence-corrected chi connectivity index (χ2v) is 5.55. The number of nitrogens with zero attached hydrogens (tertiary/aromatic N) is 1. The van der Waals surface area contributed by atoms with Gasteiger partial charge in [0.15, 0.2) is 0 Å². The van der Waals surface area contributed by atoms with Crippen LogP contribution in [0.2, 0.25) is 0 Å². The highest BCUT2D eigenvalue weighted by Gasteiger charge is 2.30. The van der Waals surface area contributed by atoms with E-state index in [1.165, 1.54) is 0 Å². The SMILES string of the molecule is N#Cc1cccc(CNCC2(O)CCSC2)c1. The van der Waals surface area contributed by atoms with E-state index in [9.17, 15) is 5.11 Å². The normalized spacial score (nSPS) is 23.5. The zero-order valence-electron chi connectivity index (χ0n) is 9.65. The van der Waals surface area contributed by atoms with Crippen LogP contribution in [0.3, 0.4) is 0 Å². The van der Waals surface area contributed by atoms with E-state index in [1.807, 2.05) is 18.2 Å². The van der Waals surface area contributed by atoms with Gasteiger partial charge in [0.05, 0.1) is 17.2 Å². The molecule has 1 aromatic carbocycles. The van der Waals surface area contributed by atoms with Gasteiger partial charge in [0, 0.05) is 18.8 Å². The van der Waals surface area contributed by atoms with Crippen LogP contribution in [-0.2, 0) is 6.54 Å². The van der Waals surface area contributed by atoms with Crippen LogP contribution >= 0.6 is 11.8 Å². The zero-order valence-corrected chi connectivity index (χ0v) is 10.5. The molecule has 1 aromatic rings. The maximum atomic E-state index is 10.1. The maximum Gasteiger partial charge on any atom is 0.0991 e. The molecule has 1 aliphatic heterocycles. The highest BCUT2D eigenvalue weighted by Crippen LogP contribution is 2.26. The average Bonchev–Trinajstić information content (AvgIpc) is 2.77. The molecule has 17 heavy (non-hydrogen) atoms. The third kappa shape index (κ3) is 3.47. The van der Waals surface area contributed by atoms with Gasteiger partial charge in [0.25, 0.3) is 0 Å². The summed E-state index contributed by atoms with van der Waals surface area (Å²) in [5.41, 5.74) is 1.22. The maximum absolute atomic E-state index is 10.1. The largest absolute Gasteiger partial charge is 0.388 e. The third-order valence-corrected chi connectivity index (χ3v) is 4.16. The molecule has 1 atom stereocenters. The Bertz CT molecular complexity index is 422. The Morgan fingerprint density at radius 3 is 3.12 bits per heavy atom. The Morgan fingerprint density at radius 2 is 2.41 bits per heavy atom. The highest BCUT2D eigenvalue weighted by atomic mass is 32.2. The highest BCUT2D eigenvalue weighted by molar-refractivity contribution is 7.99. The van der Waals surface area contributed by atoms with E-state index in [2.05, 4.69) is 11.4 Å². The second-order valence-electron chi connectivity index (χ2n) is 4.44. The standard InChI is InChI=1S/C13H16N2OS/c14-7-11-2-1-3-12(6-11)8-15-9-13(16)4-5-17-10-13/h1-3,6,15-16H,4-5,8-10H2. The van der Waals surface area contributed by atoms with E-state index < -0.39 is 5.60 Å². The summed E-state index contributed by atoms with van der Waals surface area (Å²) in [6, 6.07) is 9.67. The van der Waals surface area contributed by atoms with Crippen LogP contribution in [0.15, 0.2) is 24.3 Å². The summed E-state index contributed by atoms with van der Waals surface area (Å²) in [5.74, 6) is 1.86. The van der Waals surface area contributed by atoms with Crippen molar-refractivity contribution < 1.29 is 5.11 Å². The van der Waals surface area contributed by atoms with Gasteiger partial charge in [-0.1, -0.05) is 12.1 Å². The van der Waals surface area contributed by atoms with Gasteiger partial charge in [-0.3, -0.25) is 0 Å². The lowest BCUT2D eigenvalue weighted by atomic mass is 10.0. The first-order chi connectivity index (χ1) is 8.22. The van der Waals surface area contributed by atoms with Gasteiger partial charge in [-0.25, -0.2) is 0 Å². The molecule has 0 amide bonds. The second kappa shape index (κ2) is 5.54. The summed E-state index contributed by atoms with van der Waals surface area (Å²) in [4.78, 5) is 0. The minimum absolute atomic E-state index is 0.544. The molecule has 1 saturated heterocycles. The molecule has 0 aliphatic carbocycles. The van der Waals surface area contributed by atoms with Crippen molar-refractivity contribution in [3.8, 4) is 6.07 Å². The van der Waals surface area contributed by atoms with Crippen LogP contribution in [0, 0.1) is 11.3 Å². The first-order valence-electron chi connectivity index (χ1n) is 5.72. The van der Waals surface area contributed by atoms with Gasteiger partial charge in [-0.15, -0.1) is 0 Å². The van der Waals surface area contributed by atoms with Crippen molar-refractivity contribution in [2.45, 2.75) is 18.6 Å². The molecule has 0 bridgehead atoms. The first kappa shape index (κ1) is 12.4. The fraction of sp³-hybridized carbons (Fsp3) is 0.462. The topological polar surface area (TPSA) is 56.0 Å². The van der Waals surface area contributed by atoms with E-state index in [-0.39, 0.29) is 0 Å². The van der Waals surface area contributed by atoms with Gasteiger partial charge < -0.3 is 10.4 Å². The number of benzene rings is 1. The van der Waals surface area contributed by atoms with Crippen LogP contribution in [0.5, 0.6) is 0 Å². The lowest BCUT2D eigenvalue weighted by molar-refractivity contribution is 0.0675. The van der Waals surface area contributed by atoms with Crippen LogP contribution in [-0.4, -0.2) is 28.8 Å². The minimum atomic E-state index is -0.544. The molecule has 1 aliphatic rings. The molecule has 1 unspecified atom stereocenters. The molecule has 2 rings (SSSR count). The lowest BCUT2D eigenvalue weighted by Gasteiger charge is -2.21. The van der Waals surface area contributed by atoms with Gasteiger partial charge >= 0.3 is 0 Å². The number of hydrogen-bond donors (Lipinski definition) is 2. The van der Waals surface area contributed by atoms with Gasteiger partial charge in [-0.2, -0.15) is 17.0 Å². The van der Waals surface area contributed by atoms with Crippen LogP contribution < -0.4 is 5.32 Å². The van der Waals surface area contributed by atoms with E-state index in [4.69, 9.17) is 5.26 Å². The van der Waals surface area contributed by atoms with E-state index in [0.29, 0.717) is 18.7 Å². The minimum Gasteiger partial charge on any atom is -0.388 e. The van der Waals surface area contributed by atoms with Crippen molar-refractivity contribution in [3.63, 3.8) is 0 Å². The Hall–Kier alpha value is -1.02. The fourth-order valence-corrected chi connectivity index (χ4v) is 3.22. The van der Waals surface area contributed by atoms with Crippen LogP contribution in [0.1, 0.15) is 17.5 Å². The summed E-state index contributed by atoms with van der Waals surface area (Å²) in [6.45, 7) is 1.32. The van der Waals surface area contributed by atoms with E-state index in [0.717, 1.165) is 23.5 Å². The van der Waals surface area contributed by atoms with Crippen molar-refractivity contribution in [2.75, 3.05) is 18.1 Å². The zero-order chi connectivity index (χ0) is 12.1. The molecule has 2 N–H and O–H groups in total. The summed E-state index contributed by atoms with van der Waals surface area (Å²) >= 11 is 1.80. The number of thioether (sulfide) groups is 1. The number of nitrogens with one attached hydrogen (secondary N) is 1. The predicted molar refractivity (Wildman–Crippen MR) is 69.8 cm³/mol. The summed E-state index contributed by atoms with van der Waals surface area (Å²) in [6.07, 6.45) is 0.864. The molecule has 0 radical (unpaired) electrons. The van der Waals surface area contributed by atoms with Gasteiger partial charge in [0.2, 0.25) is 0 Å². The molecule has 0 aromatic heterocycles. The molecule has 1 fully saturated rings. The number of rotatable bonds is 4. The van der Waals surface area contributed by atoms with Crippen molar-refractivity contribution in [1.29, 1.82) is 5.26 Å². The molecule has 90 valence electrons. The van der Waals surface area contributed by atoms with E-state index >= 15 is 0 Å². The van der Waals surface area contributed by atoms with Crippen LogP contribution in [0.25, 0.3) is 0 Å². The quantitative estimate of drug-likeness (QED) is 0.848. The molecule has 1 heterocycles. The molecule has 3 nitrogen and oxygen atoms in total. The number of aliphatic hydroxyl groups is 1. The molecule has 0 saturated carbocycles. The average molecular weight is 248 g/mol. The Labute approximate surface area is 106 Å².